The molecule has 104 valence electrons. The number of nitrogens with one attached hydrogen (secondary N) is 2. The van der Waals surface area contributed by atoms with Crippen LogP contribution >= 0.6 is 0 Å². The van der Waals surface area contributed by atoms with Gasteiger partial charge in [0.15, 0.2) is 0 Å². The van der Waals surface area contributed by atoms with Gasteiger partial charge < -0.3 is 16.4 Å². The maximum atomic E-state index is 11.7. The molecule has 0 radical (unpaired) electrons. The van der Waals surface area contributed by atoms with Gasteiger partial charge in [-0.15, -0.1) is 0 Å². The molecule has 4 N–H and O–H groups in total. The summed E-state index contributed by atoms with van der Waals surface area (Å²) in [5.74, 6) is -0.213. The molecule has 0 aliphatic carbocycles. The molecule has 0 heterocycles. The second kappa shape index (κ2) is 6.89. The molecular formula is C14H21N3O2. The van der Waals surface area contributed by atoms with Gasteiger partial charge in [-0.25, -0.2) is 0 Å². The van der Waals surface area contributed by atoms with E-state index in [-0.39, 0.29) is 17.9 Å². The van der Waals surface area contributed by atoms with Gasteiger partial charge in [0, 0.05) is 30.8 Å². The van der Waals surface area contributed by atoms with Crippen LogP contribution in [0, 0.1) is 6.92 Å². The largest absolute Gasteiger partial charge is 0.327 e. The molecule has 0 spiro atoms. The Morgan fingerprint density at radius 1 is 1.32 bits per heavy atom. The molecule has 0 saturated carbocycles. The molecule has 1 rings (SSSR count). The fraction of sp³-hybridized carbons (Fsp3) is 0.429. The van der Waals surface area contributed by atoms with Crippen molar-refractivity contribution in [2.45, 2.75) is 39.7 Å². The minimum Gasteiger partial charge on any atom is -0.327 e. The Morgan fingerprint density at radius 3 is 2.53 bits per heavy atom. The van der Waals surface area contributed by atoms with Crippen LogP contribution in [-0.2, 0) is 9.59 Å². The van der Waals surface area contributed by atoms with Gasteiger partial charge in [-0.1, -0.05) is 6.92 Å². The zero-order chi connectivity index (χ0) is 14.4. The standard InChI is InChI=1S/C14H21N3O2/c1-4-11(15)8-14(19)17-12-5-6-13(9(2)7-12)16-10(3)18/h5-7,11H,4,8,15H2,1-3H3,(H,16,18)(H,17,19). The van der Waals surface area contributed by atoms with Crippen molar-refractivity contribution in [1.29, 1.82) is 0 Å². The molecule has 0 saturated heterocycles. The maximum Gasteiger partial charge on any atom is 0.225 e. The molecule has 0 aliphatic rings. The molecule has 19 heavy (non-hydrogen) atoms. The van der Waals surface area contributed by atoms with Crippen LogP contribution in [0.25, 0.3) is 0 Å². The number of anilines is 2. The zero-order valence-corrected chi connectivity index (χ0v) is 11.6. The first-order chi connectivity index (χ1) is 8.92. The summed E-state index contributed by atoms with van der Waals surface area (Å²) in [6.45, 7) is 5.28. The maximum absolute atomic E-state index is 11.7. The van der Waals surface area contributed by atoms with E-state index >= 15 is 0 Å². The van der Waals surface area contributed by atoms with Crippen LogP contribution in [0.2, 0.25) is 0 Å². The van der Waals surface area contributed by atoms with Gasteiger partial charge in [-0.2, -0.15) is 0 Å². The minimum atomic E-state index is -0.117. The third kappa shape index (κ3) is 5.09. The zero-order valence-electron chi connectivity index (χ0n) is 11.6. The second-order valence-corrected chi connectivity index (χ2v) is 4.63. The topological polar surface area (TPSA) is 84.2 Å². The van der Waals surface area contributed by atoms with Crippen LogP contribution in [0.1, 0.15) is 32.3 Å². The Hall–Kier alpha value is -1.88. The van der Waals surface area contributed by atoms with Crippen LogP contribution in [0.4, 0.5) is 11.4 Å². The number of benzene rings is 1. The van der Waals surface area contributed by atoms with E-state index in [9.17, 15) is 9.59 Å². The molecule has 0 aromatic heterocycles. The van der Waals surface area contributed by atoms with Crippen LogP contribution in [0.5, 0.6) is 0 Å². The van der Waals surface area contributed by atoms with Gasteiger partial charge in [-0.05, 0) is 37.1 Å². The molecule has 5 nitrogen and oxygen atoms in total. The SMILES string of the molecule is CCC(N)CC(=O)Nc1ccc(NC(C)=O)c(C)c1. The van der Waals surface area contributed by atoms with E-state index in [0.29, 0.717) is 12.1 Å². The van der Waals surface area contributed by atoms with Crippen molar-refractivity contribution in [3.8, 4) is 0 Å². The molecule has 0 aliphatic heterocycles. The van der Waals surface area contributed by atoms with E-state index < -0.39 is 0 Å². The summed E-state index contributed by atoms with van der Waals surface area (Å²) < 4.78 is 0. The van der Waals surface area contributed by atoms with E-state index in [0.717, 1.165) is 17.7 Å². The third-order valence-electron chi connectivity index (χ3n) is 2.79. The Bertz CT molecular complexity index is 472. The number of amides is 2. The van der Waals surface area contributed by atoms with E-state index in [2.05, 4.69) is 10.6 Å². The van der Waals surface area contributed by atoms with Crippen LogP contribution in [-0.4, -0.2) is 17.9 Å². The highest BCUT2D eigenvalue weighted by molar-refractivity contribution is 5.93. The lowest BCUT2D eigenvalue weighted by molar-refractivity contribution is -0.116. The quantitative estimate of drug-likeness (QED) is 0.759. The Labute approximate surface area is 113 Å². The first kappa shape index (κ1) is 15.2. The number of aryl methyl sites for hydroxylation is 1. The Morgan fingerprint density at radius 2 is 2.00 bits per heavy atom. The number of carbonyl (C=O) groups is 2. The first-order valence-electron chi connectivity index (χ1n) is 6.36. The van der Waals surface area contributed by atoms with E-state index in [1.165, 1.54) is 6.92 Å². The number of carbonyl (C=O) groups excluding carboxylic acids is 2. The molecule has 0 bridgehead atoms. The van der Waals surface area contributed by atoms with Crippen molar-refractivity contribution in [3.05, 3.63) is 23.8 Å². The van der Waals surface area contributed by atoms with Crippen molar-refractivity contribution in [2.24, 2.45) is 5.73 Å². The number of hydrogen-bond acceptors (Lipinski definition) is 3. The summed E-state index contributed by atoms with van der Waals surface area (Å²) in [4.78, 5) is 22.7. The van der Waals surface area contributed by atoms with Gasteiger partial charge in [0.1, 0.15) is 0 Å². The molecule has 1 aromatic rings. The molecule has 2 amide bonds. The van der Waals surface area contributed by atoms with Crippen LogP contribution < -0.4 is 16.4 Å². The van der Waals surface area contributed by atoms with E-state index in [1.54, 1.807) is 12.1 Å². The lowest BCUT2D eigenvalue weighted by Gasteiger charge is -2.12. The molecular weight excluding hydrogens is 242 g/mol. The lowest BCUT2D eigenvalue weighted by Crippen LogP contribution is -2.26. The summed E-state index contributed by atoms with van der Waals surface area (Å²) >= 11 is 0. The fourth-order valence-corrected chi connectivity index (χ4v) is 1.67. The average molecular weight is 263 g/mol. The molecule has 1 unspecified atom stereocenters. The minimum absolute atomic E-state index is 0.0963. The predicted octanol–water partition coefficient (Wildman–Crippen LogP) is 2.02. The highest BCUT2D eigenvalue weighted by atomic mass is 16.2. The predicted molar refractivity (Wildman–Crippen MR) is 77.0 cm³/mol. The van der Waals surface area contributed by atoms with E-state index in [4.69, 9.17) is 5.73 Å². The van der Waals surface area contributed by atoms with Gasteiger partial charge in [0.25, 0.3) is 0 Å². The molecule has 5 heteroatoms. The summed E-state index contributed by atoms with van der Waals surface area (Å²) in [6.07, 6.45) is 1.08. The summed E-state index contributed by atoms with van der Waals surface area (Å²) in [6, 6.07) is 5.24. The number of rotatable bonds is 5. The Kier molecular flexibility index (Phi) is 5.51. The third-order valence-corrected chi connectivity index (χ3v) is 2.79. The number of nitrogens with two attached hydrogens (primary N) is 1. The van der Waals surface area contributed by atoms with Crippen molar-refractivity contribution in [1.82, 2.24) is 0 Å². The summed E-state index contributed by atoms with van der Waals surface area (Å²) in [7, 11) is 0. The summed E-state index contributed by atoms with van der Waals surface area (Å²) in [5, 5.41) is 5.52. The second-order valence-electron chi connectivity index (χ2n) is 4.63. The van der Waals surface area contributed by atoms with Gasteiger partial charge in [0.05, 0.1) is 0 Å². The monoisotopic (exact) mass is 263 g/mol. The van der Waals surface area contributed by atoms with Crippen LogP contribution in [0.15, 0.2) is 18.2 Å². The van der Waals surface area contributed by atoms with Gasteiger partial charge in [0.2, 0.25) is 11.8 Å². The fourth-order valence-electron chi connectivity index (χ4n) is 1.67. The summed E-state index contributed by atoms with van der Waals surface area (Å²) in [5.41, 5.74) is 8.08. The first-order valence-corrected chi connectivity index (χ1v) is 6.36. The van der Waals surface area contributed by atoms with Crippen molar-refractivity contribution in [2.75, 3.05) is 10.6 Å². The van der Waals surface area contributed by atoms with Crippen LogP contribution in [0.3, 0.4) is 0 Å². The number of hydrogen-bond donors (Lipinski definition) is 3. The van der Waals surface area contributed by atoms with Gasteiger partial charge in [-0.3, -0.25) is 9.59 Å². The lowest BCUT2D eigenvalue weighted by atomic mass is 10.1. The molecule has 1 aromatic carbocycles. The average Bonchev–Trinajstić information content (AvgIpc) is 2.32. The molecule has 0 fully saturated rings. The molecule has 1 atom stereocenters. The van der Waals surface area contributed by atoms with Gasteiger partial charge >= 0.3 is 0 Å². The van der Waals surface area contributed by atoms with E-state index in [1.807, 2.05) is 19.9 Å². The van der Waals surface area contributed by atoms with Crippen molar-refractivity contribution in [3.63, 3.8) is 0 Å². The highest BCUT2D eigenvalue weighted by Crippen LogP contribution is 2.19. The Balaban J connectivity index is 2.68. The van der Waals surface area contributed by atoms with Crippen molar-refractivity contribution >= 4 is 23.2 Å². The van der Waals surface area contributed by atoms with Crippen molar-refractivity contribution < 1.29 is 9.59 Å². The smallest absolute Gasteiger partial charge is 0.225 e. The normalized spacial score (nSPS) is 11.8. The highest BCUT2D eigenvalue weighted by Gasteiger charge is 2.08.